The number of nitrogens with one attached hydrogen (secondary N) is 2. The molecule has 0 bridgehead atoms. The molecule has 0 aromatic heterocycles. The van der Waals surface area contributed by atoms with Crippen molar-refractivity contribution in [1.82, 2.24) is 15.5 Å². The van der Waals surface area contributed by atoms with Crippen molar-refractivity contribution in [2.75, 3.05) is 13.1 Å². The number of piperidine rings is 1. The smallest absolute Gasteiger partial charge is 0.251 e. The molecule has 2 fully saturated rings. The van der Waals surface area contributed by atoms with E-state index in [2.05, 4.69) is 35.5 Å². The van der Waals surface area contributed by atoms with Crippen LogP contribution in [-0.4, -0.2) is 47.4 Å². The van der Waals surface area contributed by atoms with Gasteiger partial charge in [-0.05, 0) is 51.2 Å². The molecule has 0 spiro atoms. The Hall–Kier alpha value is -2.39. The van der Waals surface area contributed by atoms with Gasteiger partial charge in [-0.3, -0.25) is 9.59 Å². The van der Waals surface area contributed by atoms with Crippen LogP contribution in [0.1, 0.15) is 75.6 Å². The molecule has 1 saturated carbocycles. The average molecular weight is 425 g/mol. The highest BCUT2D eigenvalue weighted by Crippen LogP contribution is 2.28. The first-order chi connectivity index (χ1) is 14.9. The highest BCUT2D eigenvalue weighted by atomic mass is 16.2. The number of rotatable bonds is 7. The molecule has 1 saturated heterocycles. The number of benzene rings is 1. The Morgan fingerprint density at radius 3 is 2.35 bits per heavy atom. The molecule has 2 aliphatic rings. The fourth-order valence-corrected chi connectivity index (χ4v) is 4.83. The summed E-state index contributed by atoms with van der Waals surface area (Å²) in [5.41, 5.74) is -0.311. The Morgan fingerprint density at radius 2 is 1.77 bits per heavy atom. The Balaban J connectivity index is 1.70. The molecular formula is C25H36N4O2. The molecule has 168 valence electrons. The maximum atomic E-state index is 13.3. The minimum atomic E-state index is -0.856. The van der Waals surface area contributed by atoms with Crippen molar-refractivity contribution in [2.45, 2.75) is 82.8 Å². The highest BCUT2D eigenvalue weighted by Gasteiger charge is 2.39. The Morgan fingerprint density at radius 1 is 1.13 bits per heavy atom. The molecule has 0 radical (unpaired) electrons. The summed E-state index contributed by atoms with van der Waals surface area (Å²) in [6, 6.07) is 11.2. The van der Waals surface area contributed by atoms with E-state index in [0.29, 0.717) is 36.8 Å². The monoisotopic (exact) mass is 424 g/mol. The van der Waals surface area contributed by atoms with E-state index in [4.69, 9.17) is 0 Å². The maximum Gasteiger partial charge on any atom is 0.251 e. The van der Waals surface area contributed by atoms with Crippen LogP contribution in [0.3, 0.4) is 0 Å². The second kappa shape index (κ2) is 10.8. The van der Waals surface area contributed by atoms with Crippen LogP contribution >= 0.6 is 0 Å². The van der Waals surface area contributed by atoms with Gasteiger partial charge in [0, 0.05) is 24.7 Å². The van der Waals surface area contributed by atoms with E-state index in [1.165, 1.54) is 19.3 Å². The molecule has 1 heterocycles. The molecule has 1 aromatic rings. The van der Waals surface area contributed by atoms with E-state index in [9.17, 15) is 14.9 Å². The summed E-state index contributed by atoms with van der Waals surface area (Å²) < 4.78 is 0. The quantitative estimate of drug-likeness (QED) is 0.700. The molecule has 6 heteroatoms. The summed E-state index contributed by atoms with van der Waals surface area (Å²) >= 11 is 0. The van der Waals surface area contributed by atoms with Crippen LogP contribution in [0.2, 0.25) is 0 Å². The SMILES string of the molecule is CC(C)N1CCC(C#N)(NC(=O)C(CC2CCCCC2)NC(=O)c2ccccc2)CC1. The number of nitriles is 1. The van der Waals surface area contributed by atoms with E-state index in [0.717, 1.165) is 25.9 Å². The molecule has 2 amide bonds. The number of hydrogen-bond acceptors (Lipinski definition) is 4. The molecule has 1 aliphatic heterocycles. The van der Waals surface area contributed by atoms with Crippen molar-refractivity contribution in [3.8, 4) is 6.07 Å². The van der Waals surface area contributed by atoms with Crippen LogP contribution in [0.15, 0.2) is 30.3 Å². The van der Waals surface area contributed by atoms with Gasteiger partial charge in [-0.2, -0.15) is 5.26 Å². The third-order valence-electron chi connectivity index (χ3n) is 6.91. The molecule has 1 atom stereocenters. The number of likely N-dealkylation sites (tertiary alicyclic amines) is 1. The summed E-state index contributed by atoms with van der Waals surface area (Å²) in [7, 11) is 0. The standard InChI is InChI=1S/C25H36N4O2/c1-19(2)29-15-13-25(18-26,14-16-29)28-24(31)22(17-20-9-5-3-6-10-20)27-23(30)21-11-7-4-8-12-21/h4,7-8,11-12,19-20,22H,3,5-6,9-10,13-17H2,1-2H3,(H,27,30)(H,28,31). The van der Waals surface area contributed by atoms with E-state index in [-0.39, 0.29) is 11.8 Å². The molecule has 2 N–H and O–H groups in total. The van der Waals surface area contributed by atoms with Gasteiger partial charge >= 0.3 is 0 Å². The summed E-state index contributed by atoms with van der Waals surface area (Å²) in [6.07, 6.45) is 7.64. The van der Waals surface area contributed by atoms with Crippen LogP contribution in [0.25, 0.3) is 0 Å². The van der Waals surface area contributed by atoms with Crippen molar-refractivity contribution in [1.29, 1.82) is 5.26 Å². The van der Waals surface area contributed by atoms with Gasteiger partial charge in [-0.15, -0.1) is 0 Å². The average Bonchev–Trinajstić information content (AvgIpc) is 2.80. The lowest BCUT2D eigenvalue weighted by molar-refractivity contribution is -0.125. The van der Waals surface area contributed by atoms with Gasteiger partial charge in [0.2, 0.25) is 5.91 Å². The third kappa shape index (κ3) is 6.30. The van der Waals surface area contributed by atoms with Gasteiger partial charge in [-0.25, -0.2) is 0 Å². The first-order valence-corrected chi connectivity index (χ1v) is 11.8. The van der Waals surface area contributed by atoms with E-state index < -0.39 is 11.6 Å². The fourth-order valence-electron chi connectivity index (χ4n) is 4.83. The molecular weight excluding hydrogens is 388 g/mol. The zero-order valence-electron chi connectivity index (χ0n) is 18.9. The summed E-state index contributed by atoms with van der Waals surface area (Å²) in [4.78, 5) is 28.5. The van der Waals surface area contributed by atoms with Crippen molar-refractivity contribution in [3.05, 3.63) is 35.9 Å². The zero-order valence-corrected chi connectivity index (χ0v) is 18.9. The second-order valence-electron chi connectivity index (χ2n) is 9.44. The topological polar surface area (TPSA) is 85.2 Å². The fraction of sp³-hybridized carbons (Fsp3) is 0.640. The van der Waals surface area contributed by atoms with Crippen LogP contribution < -0.4 is 10.6 Å². The largest absolute Gasteiger partial charge is 0.340 e. The Kier molecular flexibility index (Phi) is 8.09. The van der Waals surface area contributed by atoms with Crippen LogP contribution in [0, 0.1) is 17.2 Å². The lowest BCUT2D eigenvalue weighted by Gasteiger charge is -2.40. The number of carbonyl (C=O) groups is 2. The predicted octanol–water partition coefficient (Wildman–Crippen LogP) is 3.64. The molecule has 3 rings (SSSR count). The van der Waals surface area contributed by atoms with Crippen LogP contribution in [-0.2, 0) is 4.79 Å². The van der Waals surface area contributed by atoms with Gasteiger partial charge in [0.15, 0.2) is 0 Å². The van der Waals surface area contributed by atoms with E-state index in [1.807, 2.05) is 18.2 Å². The van der Waals surface area contributed by atoms with Crippen molar-refractivity contribution in [2.24, 2.45) is 5.92 Å². The molecule has 31 heavy (non-hydrogen) atoms. The van der Waals surface area contributed by atoms with Gasteiger partial charge in [0.1, 0.15) is 11.6 Å². The minimum Gasteiger partial charge on any atom is -0.340 e. The van der Waals surface area contributed by atoms with Crippen molar-refractivity contribution < 1.29 is 9.59 Å². The Labute approximate surface area is 186 Å². The number of hydrogen-bond donors (Lipinski definition) is 2. The number of carbonyl (C=O) groups excluding carboxylic acids is 2. The minimum absolute atomic E-state index is 0.227. The third-order valence-corrected chi connectivity index (χ3v) is 6.91. The van der Waals surface area contributed by atoms with Gasteiger partial charge < -0.3 is 15.5 Å². The zero-order chi connectivity index (χ0) is 22.3. The van der Waals surface area contributed by atoms with E-state index in [1.54, 1.807) is 12.1 Å². The van der Waals surface area contributed by atoms with Crippen molar-refractivity contribution >= 4 is 11.8 Å². The summed E-state index contributed by atoms with van der Waals surface area (Å²) in [6.45, 7) is 5.87. The molecule has 1 aromatic carbocycles. The lowest BCUT2D eigenvalue weighted by Crippen LogP contribution is -2.59. The maximum absolute atomic E-state index is 13.3. The normalized spacial score (nSPS) is 20.6. The van der Waals surface area contributed by atoms with Crippen LogP contribution in [0.5, 0.6) is 0 Å². The molecule has 6 nitrogen and oxygen atoms in total. The first-order valence-electron chi connectivity index (χ1n) is 11.8. The predicted molar refractivity (Wildman–Crippen MR) is 121 cm³/mol. The number of amides is 2. The summed E-state index contributed by atoms with van der Waals surface area (Å²) in [5, 5.41) is 15.9. The second-order valence-corrected chi connectivity index (χ2v) is 9.44. The highest BCUT2D eigenvalue weighted by molar-refractivity contribution is 5.97. The lowest BCUT2D eigenvalue weighted by atomic mass is 9.83. The van der Waals surface area contributed by atoms with Gasteiger partial charge in [-0.1, -0.05) is 50.3 Å². The summed E-state index contributed by atoms with van der Waals surface area (Å²) in [5.74, 6) is -0.0343. The van der Waals surface area contributed by atoms with Gasteiger partial charge in [0.05, 0.1) is 6.07 Å². The number of nitrogens with zero attached hydrogens (tertiary/aromatic N) is 2. The van der Waals surface area contributed by atoms with Gasteiger partial charge in [0.25, 0.3) is 5.91 Å². The van der Waals surface area contributed by atoms with Crippen molar-refractivity contribution in [3.63, 3.8) is 0 Å². The first kappa shape index (κ1) is 23.3. The van der Waals surface area contributed by atoms with Crippen LogP contribution in [0.4, 0.5) is 0 Å². The molecule has 1 unspecified atom stereocenters. The van der Waals surface area contributed by atoms with E-state index >= 15 is 0 Å². The molecule has 1 aliphatic carbocycles. The Bertz CT molecular complexity index is 772.